The smallest absolute Gasteiger partial charge is 0.305 e. The maximum atomic E-state index is 11.2. The molecule has 0 amide bonds. The molecule has 2 aliphatic rings. The van der Waals surface area contributed by atoms with Gasteiger partial charge in [0.1, 0.15) is 0 Å². The fraction of sp³-hybridized carbons (Fsp3) is 0.652. The second-order valence-corrected chi connectivity index (χ2v) is 7.96. The van der Waals surface area contributed by atoms with Crippen molar-refractivity contribution in [3.63, 3.8) is 0 Å². The highest BCUT2D eigenvalue weighted by atomic mass is 16.5. The highest BCUT2D eigenvalue weighted by Gasteiger charge is 2.41. The van der Waals surface area contributed by atoms with E-state index in [4.69, 9.17) is 9.73 Å². The minimum Gasteiger partial charge on any atom is -0.469 e. The Labute approximate surface area is 180 Å². The van der Waals surface area contributed by atoms with Crippen molar-refractivity contribution >= 4 is 11.9 Å². The van der Waals surface area contributed by atoms with Gasteiger partial charge in [0, 0.05) is 45.7 Å². The molecule has 7 nitrogen and oxygen atoms in total. The molecule has 2 saturated heterocycles. The van der Waals surface area contributed by atoms with Crippen LogP contribution in [0.25, 0.3) is 0 Å². The largest absolute Gasteiger partial charge is 0.469 e. The number of nitrogens with zero attached hydrogens (tertiary/aromatic N) is 3. The molecule has 7 heteroatoms. The molecule has 0 spiro atoms. The quantitative estimate of drug-likeness (QED) is 0.288. The van der Waals surface area contributed by atoms with E-state index >= 15 is 0 Å². The van der Waals surface area contributed by atoms with Crippen LogP contribution in [0.2, 0.25) is 0 Å². The molecule has 2 heterocycles. The second-order valence-electron chi connectivity index (χ2n) is 7.96. The van der Waals surface area contributed by atoms with E-state index in [-0.39, 0.29) is 12.1 Å². The van der Waals surface area contributed by atoms with Gasteiger partial charge in [-0.15, -0.1) is 0 Å². The van der Waals surface area contributed by atoms with E-state index in [0.29, 0.717) is 12.5 Å². The number of morpholine rings is 1. The van der Waals surface area contributed by atoms with Crippen molar-refractivity contribution in [1.82, 2.24) is 15.1 Å². The van der Waals surface area contributed by atoms with Crippen molar-refractivity contribution in [2.75, 3.05) is 46.4 Å². The van der Waals surface area contributed by atoms with Gasteiger partial charge < -0.3 is 19.7 Å². The number of carbonyl (C=O) groups excluding carboxylic acids is 1. The summed E-state index contributed by atoms with van der Waals surface area (Å²) < 4.78 is 10.8. The minimum absolute atomic E-state index is 0.133. The lowest BCUT2D eigenvalue weighted by Crippen LogP contribution is -2.50. The fourth-order valence-electron chi connectivity index (χ4n) is 4.22. The first kappa shape index (κ1) is 22.6. The molecule has 0 aliphatic carbocycles. The number of hydrogen-bond donors (Lipinski definition) is 1. The zero-order valence-electron chi connectivity index (χ0n) is 18.4. The second kappa shape index (κ2) is 11.9. The zero-order valence-corrected chi connectivity index (χ0v) is 18.4. The standard InChI is InChI=1S/C23H36N4O3/c1-3-24-23(25-13-9-5-8-12-22(28)29-2)27-17-20-21(18-27)30-15-14-26(20)16-19-10-6-4-7-11-19/h4,6-7,10-11,20-21H,3,5,8-9,12-18H2,1-2H3,(H,24,25). The Hall–Kier alpha value is -2.12. The van der Waals surface area contributed by atoms with Crippen LogP contribution in [-0.4, -0.2) is 80.3 Å². The molecule has 0 radical (unpaired) electrons. The topological polar surface area (TPSA) is 66.4 Å². The predicted octanol–water partition coefficient (Wildman–Crippen LogP) is 2.27. The van der Waals surface area contributed by atoms with Gasteiger partial charge in [0.25, 0.3) is 0 Å². The van der Waals surface area contributed by atoms with Crippen LogP contribution in [0.4, 0.5) is 0 Å². The molecule has 2 aliphatic heterocycles. The van der Waals surface area contributed by atoms with Crippen LogP contribution in [0.15, 0.2) is 35.3 Å². The van der Waals surface area contributed by atoms with E-state index in [9.17, 15) is 4.79 Å². The van der Waals surface area contributed by atoms with Gasteiger partial charge in [-0.1, -0.05) is 36.8 Å². The van der Waals surface area contributed by atoms with Crippen molar-refractivity contribution in [3.05, 3.63) is 35.9 Å². The number of aliphatic imine (C=N–C) groups is 1. The van der Waals surface area contributed by atoms with E-state index in [1.165, 1.54) is 12.7 Å². The number of ether oxygens (including phenoxy) is 2. The molecule has 2 fully saturated rings. The van der Waals surface area contributed by atoms with Crippen molar-refractivity contribution in [3.8, 4) is 0 Å². The van der Waals surface area contributed by atoms with Gasteiger partial charge >= 0.3 is 5.97 Å². The SMILES string of the molecule is CCNC(=NCCCCCC(=O)OC)N1CC2OCCN(Cc3ccccc3)C2C1. The number of nitrogens with one attached hydrogen (secondary N) is 1. The van der Waals surface area contributed by atoms with E-state index in [1.54, 1.807) is 0 Å². The number of methoxy groups -OCH3 is 1. The summed E-state index contributed by atoms with van der Waals surface area (Å²) in [7, 11) is 1.44. The third-order valence-electron chi connectivity index (χ3n) is 5.81. The van der Waals surface area contributed by atoms with Gasteiger partial charge in [-0.3, -0.25) is 14.7 Å². The minimum atomic E-state index is -0.133. The molecule has 0 saturated carbocycles. The molecule has 30 heavy (non-hydrogen) atoms. The molecule has 166 valence electrons. The number of likely N-dealkylation sites (tertiary alicyclic amines) is 1. The maximum Gasteiger partial charge on any atom is 0.305 e. The lowest BCUT2D eigenvalue weighted by molar-refractivity contribution is -0.140. The molecule has 2 unspecified atom stereocenters. The average Bonchev–Trinajstić information content (AvgIpc) is 3.21. The van der Waals surface area contributed by atoms with Crippen LogP contribution < -0.4 is 5.32 Å². The van der Waals surface area contributed by atoms with Crippen molar-refractivity contribution in [1.29, 1.82) is 0 Å². The summed E-state index contributed by atoms with van der Waals surface area (Å²) in [5.41, 5.74) is 1.35. The van der Waals surface area contributed by atoms with Gasteiger partial charge in [-0.25, -0.2) is 0 Å². The summed E-state index contributed by atoms with van der Waals surface area (Å²) >= 11 is 0. The van der Waals surface area contributed by atoms with Crippen LogP contribution in [0.3, 0.4) is 0 Å². The Bertz CT molecular complexity index is 682. The summed E-state index contributed by atoms with van der Waals surface area (Å²) in [4.78, 5) is 20.9. The number of esters is 1. The number of rotatable bonds is 9. The Balaban J connectivity index is 1.52. The van der Waals surface area contributed by atoms with Crippen LogP contribution in [0.1, 0.15) is 38.2 Å². The summed E-state index contributed by atoms with van der Waals surface area (Å²) in [5, 5.41) is 3.44. The van der Waals surface area contributed by atoms with Crippen molar-refractivity contribution in [2.24, 2.45) is 4.99 Å². The highest BCUT2D eigenvalue weighted by molar-refractivity contribution is 5.80. The van der Waals surface area contributed by atoms with E-state index in [1.807, 2.05) is 0 Å². The van der Waals surface area contributed by atoms with Crippen LogP contribution in [-0.2, 0) is 20.8 Å². The van der Waals surface area contributed by atoms with Crippen LogP contribution >= 0.6 is 0 Å². The third kappa shape index (κ3) is 6.44. The molecule has 1 N–H and O–H groups in total. The van der Waals surface area contributed by atoms with Crippen molar-refractivity contribution in [2.45, 2.75) is 51.3 Å². The maximum absolute atomic E-state index is 11.2. The highest BCUT2D eigenvalue weighted by Crippen LogP contribution is 2.24. The Morgan fingerprint density at radius 1 is 1.23 bits per heavy atom. The van der Waals surface area contributed by atoms with Gasteiger partial charge in [-0.05, 0) is 25.3 Å². The number of benzene rings is 1. The number of unbranched alkanes of at least 4 members (excludes halogenated alkanes) is 2. The molecule has 3 rings (SSSR count). The number of guanidine groups is 1. The number of carbonyl (C=O) groups is 1. The van der Waals surface area contributed by atoms with Gasteiger partial charge in [0.15, 0.2) is 5.96 Å². The lowest BCUT2D eigenvalue weighted by atomic mass is 10.1. The van der Waals surface area contributed by atoms with Gasteiger partial charge in [0.2, 0.25) is 0 Å². The molecular weight excluding hydrogens is 380 g/mol. The molecule has 0 aromatic heterocycles. The summed E-state index contributed by atoms with van der Waals surface area (Å²) in [6.07, 6.45) is 3.53. The number of hydrogen-bond acceptors (Lipinski definition) is 5. The first-order valence-electron chi connectivity index (χ1n) is 11.2. The van der Waals surface area contributed by atoms with E-state index in [0.717, 1.165) is 71.1 Å². The molecule has 1 aromatic carbocycles. The number of fused-ring (bicyclic) bond motifs is 1. The molecular formula is C23H36N4O3. The Kier molecular flexibility index (Phi) is 8.96. The van der Waals surface area contributed by atoms with Gasteiger partial charge in [-0.2, -0.15) is 0 Å². The summed E-state index contributed by atoms with van der Waals surface area (Å²) in [5.74, 6) is 0.842. The zero-order chi connectivity index (χ0) is 21.2. The Morgan fingerprint density at radius 3 is 2.83 bits per heavy atom. The lowest BCUT2D eigenvalue weighted by Gasteiger charge is -2.36. The normalized spacial score (nSPS) is 22.1. The van der Waals surface area contributed by atoms with E-state index in [2.05, 4.69) is 57.1 Å². The molecule has 0 bridgehead atoms. The van der Waals surface area contributed by atoms with E-state index < -0.39 is 0 Å². The predicted molar refractivity (Wildman–Crippen MR) is 118 cm³/mol. The van der Waals surface area contributed by atoms with Crippen LogP contribution in [0.5, 0.6) is 0 Å². The molecule has 1 aromatic rings. The summed E-state index contributed by atoms with van der Waals surface area (Å²) in [6.45, 7) is 8.26. The molecule has 2 atom stereocenters. The van der Waals surface area contributed by atoms with Crippen molar-refractivity contribution < 1.29 is 14.3 Å². The first-order valence-corrected chi connectivity index (χ1v) is 11.2. The fourth-order valence-corrected chi connectivity index (χ4v) is 4.22. The monoisotopic (exact) mass is 416 g/mol. The average molecular weight is 417 g/mol. The van der Waals surface area contributed by atoms with Gasteiger partial charge in [0.05, 0.1) is 25.9 Å². The Morgan fingerprint density at radius 2 is 2.07 bits per heavy atom. The first-order chi connectivity index (χ1) is 14.7. The van der Waals surface area contributed by atoms with Crippen LogP contribution in [0, 0.1) is 0 Å². The summed E-state index contributed by atoms with van der Waals surface area (Å²) in [6, 6.07) is 11.1. The third-order valence-corrected chi connectivity index (χ3v) is 5.81.